The first-order chi connectivity index (χ1) is 18.4. The van der Waals surface area contributed by atoms with Gasteiger partial charge in [-0.3, -0.25) is 0 Å². The molecule has 9 nitrogen and oxygen atoms in total. The van der Waals surface area contributed by atoms with Gasteiger partial charge in [0.2, 0.25) is 6.29 Å². The highest BCUT2D eigenvalue weighted by molar-refractivity contribution is 5.29. The lowest BCUT2D eigenvalue weighted by molar-refractivity contribution is -0.344. The Kier molecular flexibility index (Phi) is 14.8. The molecule has 1 fully saturated rings. The van der Waals surface area contributed by atoms with E-state index in [1.165, 1.54) is 0 Å². The van der Waals surface area contributed by atoms with E-state index in [9.17, 15) is 30.6 Å². The Morgan fingerprint density at radius 2 is 1.71 bits per heavy atom. The predicted octanol–water partition coefficient (Wildman–Crippen LogP) is 2.09. The normalized spacial score (nSPS) is 27.1. The molecule has 1 aromatic rings. The second-order valence-corrected chi connectivity index (χ2v) is 10.2. The van der Waals surface area contributed by atoms with E-state index in [-0.39, 0.29) is 45.2 Å². The molecule has 2 rings (SSSR count). The van der Waals surface area contributed by atoms with Gasteiger partial charge in [-0.1, -0.05) is 38.0 Å². The van der Waals surface area contributed by atoms with Crippen molar-refractivity contribution in [3.05, 3.63) is 42.5 Å². The van der Waals surface area contributed by atoms with E-state index in [4.69, 9.17) is 14.2 Å². The Morgan fingerprint density at radius 3 is 2.32 bits per heavy atom. The molecule has 7 atom stereocenters. The molecule has 0 spiro atoms. The molecular formula is C29H48O9. The fraction of sp³-hybridized carbons (Fsp3) is 0.724. The highest BCUT2D eigenvalue weighted by atomic mass is 16.7. The number of benzene rings is 1. The summed E-state index contributed by atoms with van der Waals surface area (Å²) in [5, 5.41) is 62.1. The molecule has 0 saturated carbocycles. The van der Waals surface area contributed by atoms with Gasteiger partial charge in [0, 0.05) is 26.4 Å². The average Bonchev–Trinajstić information content (AvgIpc) is 2.93. The second kappa shape index (κ2) is 17.2. The summed E-state index contributed by atoms with van der Waals surface area (Å²) in [5.41, 5.74) is -0.515. The van der Waals surface area contributed by atoms with Gasteiger partial charge in [0.05, 0.1) is 6.10 Å². The molecule has 0 bridgehead atoms. The van der Waals surface area contributed by atoms with Crippen LogP contribution in [0.2, 0.25) is 0 Å². The number of allylic oxidation sites excluding steroid dienone is 1. The highest BCUT2D eigenvalue weighted by Gasteiger charge is 2.59. The van der Waals surface area contributed by atoms with Crippen LogP contribution in [0.25, 0.3) is 0 Å². The first-order valence-electron chi connectivity index (χ1n) is 13.9. The minimum absolute atomic E-state index is 0.0430. The van der Waals surface area contributed by atoms with Crippen molar-refractivity contribution in [3.63, 3.8) is 0 Å². The van der Waals surface area contributed by atoms with Gasteiger partial charge in [-0.2, -0.15) is 0 Å². The summed E-state index contributed by atoms with van der Waals surface area (Å²) in [5.74, 6) is 0.0862. The monoisotopic (exact) mass is 540 g/mol. The Hall–Kier alpha value is -1.56. The lowest BCUT2D eigenvalue weighted by Gasteiger charge is -2.52. The van der Waals surface area contributed by atoms with Crippen LogP contribution in [0.1, 0.15) is 63.9 Å². The topological polar surface area (TPSA) is 149 Å². The van der Waals surface area contributed by atoms with Crippen LogP contribution in [0, 0.1) is 5.92 Å². The molecule has 1 aliphatic heterocycles. The zero-order chi connectivity index (χ0) is 28.0. The first-order valence-corrected chi connectivity index (χ1v) is 13.9. The average molecular weight is 541 g/mol. The van der Waals surface area contributed by atoms with Crippen molar-refractivity contribution in [3.8, 4) is 5.75 Å². The first kappa shape index (κ1) is 32.7. The van der Waals surface area contributed by atoms with Gasteiger partial charge < -0.3 is 44.8 Å². The van der Waals surface area contributed by atoms with Crippen LogP contribution in [0.5, 0.6) is 5.75 Å². The number of aliphatic hydroxyl groups is 6. The van der Waals surface area contributed by atoms with Crippen LogP contribution in [0.4, 0.5) is 0 Å². The Bertz CT molecular complexity index is 774. The summed E-state index contributed by atoms with van der Waals surface area (Å²) >= 11 is 0. The maximum absolute atomic E-state index is 11.6. The minimum atomic E-state index is -1.55. The summed E-state index contributed by atoms with van der Waals surface area (Å²) in [7, 11) is 0. The van der Waals surface area contributed by atoms with E-state index in [2.05, 4.69) is 13.5 Å². The molecule has 7 unspecified atom stereocenters. The fourth-order valence-electron chi connectivity index (χ4n) is 4.98. The third-order valence-corrected chi connectivity index (χ3v) is 7.18. The van der Waals surface area contributed by atoms with E-state index in [0.717, 1.165) is 18.4 Å². The van der Waals surface area contributed by atoms with Gasteiger partial charge in [-0.25, -0.2) is 0 Å². The van der Waals surface area contributed by atoms with E-state index in [1.807, 2.05) is 12.1 Å². The summed E-state index contributed by atoms with van der Waals surface area (Å²) in [6.07, 6.45) is 0.00716. The van der Waals surface area contributed by atoms with Crippen LogP contribution in [0.15, 0.2) is 36.9 Å². The van der Waals surface area contributed by atoms with E-state index >= 15 is 0 Å². The standard InChI is InChI=1S/C29H48O9/c1-3-5-6-18-36-29(19-22(20-32)10-7-16-30)27(35)25(34)26(24(33)11-8-17-31)38-28(29)37-23-14-12-21(9-4-2)13-15-23/h4,12-15,22,24-28,30-35H,2-3,5-11,16-20H2,1H3. The molecule has 1 heterocycles. The molecule has 1 aliphatic rings. The second-order valence-electron chi connectivity index (χ2n) is 10.2. The van der Waals surface area contributed by atoms with E-state index in [1.54, 1.807) is 18.2 Å². The van der Waals surface area contributed by atoms with Gasteiger partial charge in [-0.15, -0.1) is 6.58 Å². The van der Waals surface area contributed by atoms with Gasteiger partial charge in [0.1, 0.15) is 24.1 Å². The van der Waals surface area contributed by atoms with Crippen LogP contribution < -0.4 is 4.74 Å². The number of aliphatic hydroxyl groups excluding tert-OH is 6. The molecule has 9 heteroatoms. The van der Waals surface area contributed by atoms with Gasteiger partial charge in [-0.05, 0) is 68.6 Å². The molecule has 0 amide bonds. The van der Waals surface area contributed by atoms with Crippen molar-refractivity contribution in [2.24, 2.45) is 5.92 Å². The zero-order valence-electron chi connectivity index (χ0n) is 22.7. The third kappa shape index (κ3) is 8.99. The van der Waals surface area contributed by atoms with Crippen molar-refractivity contribution in [1.82, 2.24) is 0 Å². The van der Waals surface area contributed by atoms with Crippen LogP contribution in [0.3, 0.4) is 0 Å². The molecule has 0 aliphatic carbocycles. The Balaban J connectivity index is 2.47. The molecule has 38 heavy (non-hydrogen) atoms. The number of hydrogen-bond acceptors (Lipinski definition) is 9. The lowest BCUT2D eigenvalue weighted by atomic mass is 9.77. The summed E-state index contributed by atoms with van der Waals surface area (Å²) in [6, 6.07) is 7.32. The predicted molar refractivity (Wildman–Crippen MR) is 144 cm³/mol. The Labute approximate surface area is 226 Å². The van der Waals surface area contributed by atoms with Crippen LogP contribution in [-0.4, -0.2) is 93.4 Å². The van der Waals surface area contributed by atoms with Gasteiger partial charge in [0.25, 0.3) is 0 Å². The van der Waals surface area contributed by atoms with Crippen molar-refractivity contribution in [2.75, 3.05) is 26.4 Å². The lowest BCUT2D eigenvalue weighted by Crippen LogP contribution is -2.70. The number of hydrogen-bond donors (Lipinski definition) is 6. The molecule has 0 aromatic heterocycles. The van der Waals surface area contributed by atoms with Gasteiger partial charge in [0.15, 0.2) is 5.60 Å². The molecule has 1 saturated heterocycles. The van der Waals surface area contributed by atoms with Crippen LogP contribution in [-0.2, 0) is 15.9 Å². The quantitative estimate of drug-likeness (QED) is 0.115. The van der Waals surface area contributed by atoms with E-state index in [0.29, 0.717) is 37.9 Å². The number of ether oxygens (including phenoxy) is 3. The maximum Gasteiger partial charge on any atom is 0.232 e. The summed E-state index contributed by atoms with van der Waals surface area (Å²) in [4.78, 5) is 0. The SMILES string of the molecule is C=CCc1ccc(OC2OC(C(O)CCCO)C(O)C(O)C2(CC(CO)CCCO)OCCCCC)cc1. The van der Waals surface area contributed by atoms with E-state index < -0.39 is 36.3 Å². The Morgan fingerprint density at radius 1 is 1.03 bits per heavy atom. The fourth-order valence-corrected chi connectivity index (χ4v) is 4.98. The molecular weight excluding hydrogens is 492 g/mol. The van der Waals surface area contributed by atoms with Crippen molar-refractivity contribution in [2.45, 2.75) is 101 Å². The van der Waals surface area contributed by atoms with Crippen molar-refractivity contribution in [1.29, 1.82) is 0 Å². The maximum atomic E-state index is 11.6. The summed E-state index contributed by atoms with van der Waals surface area (Å²) < 4.78 is 18.8. The largest absolute Gasteiger partial charge is 0.462 e. The smallest absolute Gasteiger partial charge is 0.232 e. The number of rotatable bonds is 19. The van der Waals surface area contributed by atoms with Crippen molar-refractivity contribution < 1.29 is 44.8 Å². The van der Waals surface area contributed by atoms with Crippen molar-refractivity contribution >= 4 is 0 Å². The molecule has 218 valence electrons. The summed E-state index contributed by atoms with van der Waals surface area (Å²) in [6.45, 7) is 5.70. The molecule has 0 radical (unpaired) electrons. The molecule has 6 N–H and O–H groups in total. The van der Waals surface area contributed by atoms with Gasteiger partial charge >= 0.3 is 0 Å². The number of unbranched alkanes of at least 4 members (excludes halogenated alkanes) is 2. The third-order valence-electron chi connectivity index (χ3n) is 7.18. The van der Waals surface area contributed by atoms with Crippen LogP contribution >= 0.6 is 0 Å². The molecule has 1 aromatic carbocycles. The highest BCUT2D eigenvalue weighted by Crippen LogP contribution is 2.41. The minimum Gasteiger partial charge on any atom is -0.462 e. The zero-order valence-corrected chi connectivity index (χ0v) is 22.7.